The number of terminal acetylenes is 1. The van der Waals surface area contributed by atoms with Gasteiger partial charge in [-0.15, -0.1) is 6.42 Å². The Kier molecular flexibility index (Phi) is 3.45. The Morgan fingerprint density at radius 2 is 2.36 bits per heavy atom. The smallest absolute Gasteiger partial charge is 0.0573 e. The fourth-order valence-electron chi connectivity index (χ4n) is 1.55. The SMILES string of the molecule is C#CCNCC(C)C1CCC1. The molecule has 0 amide bonds. The van der Waals surface area contributed by atoms with Crippen molar-refractivity contribution >= 4 is 0 Å². The lowest BCUT2D eigenvalue weighted by Crippen LogP contribution is -2.29. The maximum absolute atomic E-state index is 5.12. The average Bonchev–Trinajstić information content (AvgIpc) is 1.84. The first-order chi connectivity index (χ1) is 5.34. The lowest BCUT2D eigenvalue weighted by Gasteiger charge is -2.31. The van der Waals surface area contributed by atoms with E-state index in [0.717, 1.165) is 24.9 Å². The van der Waals surface area contributed by atoms with E-state index in [0.29, 0.717) is 0 Å². The zero-order chi connectivity index (χ0) is 8.10. The average molecular weight is 151 g/mol. The molecule has 0 saturated heterocycles. The predicted octanol–water partition coefficient (Wildman–Crippen LogP) is 1.65. The van der Waals surface area contributed by atoms with E-state index < -0.39 is 0 Å². The summed E-state index contributed by atoms with van der Waals surface area (Å²) >= 11 is 0. The Morgan fingerprint density at radius 3 is 2.82 bits per heavy atom. The van der Waals surface area contributed by atoms with Crippen molar-refractivity contribution in [1.29, 1.82) is 0 Å². The first kappa shape index (κ1) is 8.62. The molecule has 1 N–H and O–H groups in total. The van der Waals surface area contributed by atoms with Gasteiger partial charge in [0.15, 0.2) is 0 Å². The standard InChI is InChI=1S/C10H17N/c1-3-7-11-8-9(2)10-5-4-6-10/h1,9-11H,4-8H2,2H3. The Morgan fingerprint density at radius 1 is 1.64 bits per heavy atom. The molecular weight excluding hydrogens is 134 g/mol. The monoisotopic (exact) mass is 151 g/mol. The maximum atomic E-state index is 5.12. The molecule has 0 aliphatic heterocycles. The number of rotatable bonds is 4. The van der Waals surface area contributed by atoms with Crippen LogP contribution in [0.1, 0.15) is 26.2 Å². The van der Waals surface area contributed by atoms with Gasteiger partial charge in [0, 0.05) is 0 Å². The van der Waals surface area contributed by atoms with Crippen LogP contribution in [0.4, 0.5) is 0 Å². The minimum atomic E-state index is 0.719. The van der Waals surface area contributed by atoms with Crippen LogP contribution in [0.15, 0.2) is 0 Å². The van der Waals surface area contributed by atoms with Gasteiger partial charge in [0.05, 0.1) is 6.54 Å². The number of hydrogen-bond donors (Lipinski definition) is 1. The third-order valence-corrected chi connectivity index (χ3v) is 2.65. The molecule has 0 spiro atoms. The van der Waals surface area contributed by atoms with E-state index in [1.54, 1.807) is 0 Å². The quantitative estimate of drug-likeness (QED) is 0.476. The molecule has 1 atom stereocenters. The van der Waals surface area contributed by atoms with Crippen LogP contribution in [0.25, 0.3) is 0 Å². The third-order valence-electron chi connectivity index (χ3n) is 2.65. The molecule has 0 aromatic rings. The first-order valence-corrected chi connectivity index (χ1v) is 4.48. The summed E-state index contributed by atoms with van der Waals surface area (Å²) in [5.74, 6) is 4.38. The molecule has 1 nitrogen and oxygen atoms in total. The molecule has 11 heavy (non-hydrogen) atoms. The molecule has 1 unspecified atom stereocenters. The molecule has 0 aromatic heterocycles. The maximum Gasteiger partial charge on any atom is 0.0573 e. The molecule has 1 heteroatoms. The van der Waals surface area contributed by atoms with Gasteiger partial charge in [-0.05, 0) is 18.4 Å². The number of nitrogens with one attached hydrogen (secondary N) is 1. The van der Waals surface area contributed by atoms with Crippen molar-refractivity contribution < 1.29 is 0 Å². The second-order valence-corrected chi connectivity index (χ2v) is 3.50. The van der Waals surface area contributed by atoms with Crippen LogP contribution < -0.4 is 5.32 Å². The van der Waals surface area contributed by atoms with Gasteiger partial charge < -0.3 is 5.32 Å². The summed E-state index contributed by atoms with van der Waals surface area (Å²) in [6.45, 7) is 4.12. The van der Waals surface area contributed by atoms with Crippen LogP contribution in [-0.2, 0) is 0 Å². The van der Waals surface area contributed by atoms with Gasteiger partial charge in [0.25, 0.3) is 0 Å². The first-order valence-electron chi connectivity index (χ1n) is 4.48. The van der Waals surface area contributed by atoms with Crippen LogP contribution in [0.5, 0.6) is 0 Å². The normalized spacial score (nSPS) is 20.4. The summed E-state index contributed by atoms with van der Waals surface area (Å²) in [5, 5.41) is 3.25. The van der Waals surface area contributed by atoms with Crippen molar-refractivity contribution in [3.8, 4) is 12.3 Å². The summed E-state index contributed by atoms with van der Waals surface area (Å²) < 4.78 is 0. The molecule has 0 aromatic carbocycles. The van der Waals surface area contributed by atoms with Crippen molar-refractivity contribution in [2.45, 2.75) is 26.2 Å². The predicted molar refractivity (Wildman–Crippen MR) is 48.2 cm³/mol. The lowest BCUT2D eigenvalue weighted by molar-refractivity contribution is 0.217. The van der Waals surface area contributed by atoms with Crippen molar-refractivity contribution in [3.05, 3.63) is 0 Å². The van der Waals surface area contributed by atoms with E-state index in [-0.39, 0.29) is 0 Å². The second kappa shape index (κ2) is 4.41. The highest BCUT2D eigenvalue weighted by Crippen LogP contribution is 2.32. The highest BCUT2D eigenvalue weighted by atomic mass is 14.8. The molecule has 1 aliphatic carbocycles. The molecule has 62 valence electrons. The Bertz CT molecular complexity index is 141. The minimum absolute atomic E-state index is 0.719. The van der Waals surface area contributed by atoms with Crippen LogP contribution in [0.2, 0.25) is 0 Å². The Labute approximate surface area is 69.6 Å². The van der Waals surface area contributed by atoms with E-state index >= 15 is 0 Å². The summed E-state index contributed by atoms with van der Waals surface area (Å²) in [5.41, 5.74) is 0. The topological polar surface area (TPSA) is 12.0 Å². The molecule has 1 aliphatic rings. The van der Waals surface area contributed by atoms with E-state index in [2.05, 4.69) is 18.2 Å². The van der Waals surface area contributed by atoms with Crippen molar-refractivity contribution in [2.24, 2.45) is 11.8 Å². The highest BCUT2D eigenvalue weighted by molar-refractivity contribution is 4.87. The highest BCUT2D eigenvalue weighted by Gasteiger charge is 2.22. The van der Waals surface area contributed by atoms with Gasteiger partial charge in [-0.25, -0.2) is 0 Å². The van der Waals surface area contributed by atoms with Gasteiger partial charge in [-0.2, -0.15) is 0 Å². The molecule has 1 saturated carbocycles. The van der Waals surface area contributed by atoms with Crippen LogP contribution in [-0.4, -0.2) is 13.1 Å². The van der Waals surface area contributed by atoms with Crippen LogP contribution >= 0.6 is 0 Å². The molecule has 0 radical (unpaired) electrons. The van der Waals surface area contributed by atoms with Crippen molar-refractivity contribution in [1.82, 2.24) is 5.32 Å². The van der Waals surface area contributed by atoms with Gasteiger partial charge in [-0.3, -0.25) is 0 Å². The fraction of sp³-hybridized carbons (Fsp3) is 0.800. The summed E-state index contributed by atoms with van der Waals surface area (Å²) in [6.07, 6.45) is 9.42. The van der Waals surface area contributed by atoms with Crippen molar-refractivity contribution in [3.63, 3.8) is 0 Å². The third kappa shape index (κ3) is 2.55. The molecule has 1 fully saturated rings. The summed E-state index contributed by atoms with van der Waals surface area (Å²) in [7, 11) is 0. The number of hydrogen-bond acceptors (Lipinski definition) is 1. The summed E-state index contributed by atoms with van der Waals surface area (Å²) in [4.78, 5) is 0. The summed E-state index contributed by atoms with van der Waals surface area (Å²) in [6, 6.07) is 0. The van der Waals surface area contributed by atoms with Gasteiger partial charge in [0.2, 0.25) is 0 Å². The van der Waals surface area contributed by atoms with Gasteiger partial charge in [-0.1, -0.05) is 32.1 Å². The zero-order valence-corrected chi connectivity index (χ0v) is 7.27. The van der Waals surface area contributed by atoms with Gasteiger partial charge in [0.1, 0.15) is 0 Å². The lowest BCUT2D eigenvalue weighted by atomic mass is 9.77. The van der Waals surface area contributed by atoms with Crippen molar-refractivity contribution in [2.75, 3.05) is 13.1 Å². The fourth-order valence-corrected chi connectivity index (χ4v) is 1.55. The van der Waals surface area contributed by atoms with E-state index in [1.165, 1.54) is 19.3 Å². The van der Waals surface area contributed by atoms with E-state index in [9.17, 15) is 0 Å². The van der Waals surface area contributed by atoms with E-state index in [4.69, 9.17) is 6.42 Å². The van der Waals surface area contributed by atoms with E-state index in [1.807, 2.05) is 0 Å². The molecule has 1 rings (SSSR count). The largest absolute Gasteiger partial charge is 0.306 e. The van der Waals surface area contributed by atoms with Crippen LogP contribution in [0.3, 0.4) is 0 Å². The van der Waals surface area contributed by atoms with Crippen LogP contribution in [0, 0.1) is 24.2 Å². The molecular formula is C10H17N. The molecule has 0 heterocycles. The zero-order valence-electron chi connectivity index (χ0n) is 7.27. The molecule has 0 bridgehead atoms. The van der Waals surface area contributed by atoms with Gasteiger partial charge >= 0.3 is 0 Å². The Balaban J connectivity index is 2.01. The minimum Gasteiger partial charge on any atom is -0.306 e. The second-order valence-electron chi connectivity index (χ2n) is 3.50. The Hall–Kier alpha value is -0.480.